The van der Waals surface area contributed by atoms with Gasteiger partial charge in [-0.05, 0) is 40.8 Å². The average molecular weight is 450 g/mol. The van der Waals surface area contributed by atoms with Crippen molar-refractivity contribution in [1.82, 2.24) is 30.2 Å². The van der Waals surface area contributed by atoms with Gasteiger partial charge in [-0.3, -0.25) is 0 Å². The highest BCUT2D eigenvalue weighted by molar-refractivity contribution is 6.43. The maximum atomic E-state index is 13.8. The zero-order valence-corrected chi connectivity index (χ0v) is 16.4. The van der Waals surface area contributed by atoms with Crippen LogP contribution in [0.3, 0.4) is 0 Å². The molecule has 0 fully saturated rings. The minimum absolute atomic E-state index is 0.108. The Morgan fingerprint density at radius 1 is 1.07 bits per heavy atom. The predicted molar refractivity (Wildman–Crippen MR) is 105 cm³/mol. The number of nitrogens with one attached hydrogen (secondary N) is 1. The summed E-state index contributed by atoms with van der Waals surface area (Å²) >= 11 is 12.3. The second kappa shape index (κ2) is 8.56. The molecule has 0 bridgehead atoms. The number of halogens is 4. The van der Waals surface area contributed by atoms with Gasteiger partial charge in [-0.15, -0.1) is 0 Å². The molecule has 0 radical (unpaired) electrons. The van der Waals surface area contributed by atoms with Gasteiger partial charge in [0.05, 0.1) is 15.7 Å². The SMILES string of the molecule is Fc1ccc(Oc2ncccc2CNc2nnnn2-c2cccc(Cl)c2Cl)c(F)n1. The molecule has 1 N–H and O–H groups in total. The fraction of sp³-hybridized carbons (Fsp3) is 0.0556. The van der Waals surface area contributed by atoms with Crippen LogP contribution in [0.25, 0.3) is 5.69 Å². The number of benzene rings is 1. The van der Waals surface area contributed by atoms with Gasteiger partial charge in [0.15, 0.2) is 5.75 Å². The second-order valence-electron chi connectivity index (χ2n) is 5.83. The molecule has 30 heavy (non-hydrogen) atoms. The summed E-state index contributed by atoms with van der Waals surface area (Å²) < 4.78 is 33.7. The number of anilines is 1. The van der Waals surface area contributed by atoms with Gasteiger partial charge in [0.1, 0.15) is 0 Å². The normalized spacial score (nSPS) is 10.8. The van der Waals surface area contributed by atoms with Crippen LogP contribution in [-0.2, 0) is 6.54 Å². The highest BCUT2D eigenvalue weighted by Crippen LogP contribution is 2.30. The Morgan fingerprint density at radius 2 is 1.93 bits per heavy atom. The van der Waals surface area contributed by atoms with E-state index in [0.29, 0.717) is 21.3 Å². The van der Waals surface area contributed by atoms with Crippen LogP contribution in [0.2, 0.25) is 10.0 Å². The molecule has 0 aliphatic carbocycles. The Bertz CT molecular complexity index is 1200. The highest BCUT2D eigenvalue weighted by Gasteiger charge is 2.15. The Balaban J connectivity index is 1.56. The molecule has 1 aromatic carbocycles. The van der Waals surface area contributed by atoms with Crippen molar-refractivity contribution >= 4 is 29.2 Å². The topological polar surface area (TPSA) is 90.6 Å². The van der Waals surface area contributed by atoms with E-state index in [0.717, 1.165) is 12.1 Å². The summed E-state index contributed by atoms with van der Waals surface area (Å²) in [5, 5.41) is 15.2. The standard InChI is InChI=1S/C18H11Cl2F2N7O/c19-11-4-1-5-12(15(11)20)29-18(26-27-28-29)24-9-10-3-2-8-23-17(10)30-13-6-7-14(21)25-16(13)22/h1-8H,9H2,(H,24,26,28). The number of hydrogen-bond donors (Lipinski definition) is 1. The van der Waals surface area contributed by atoms with E-state index >= 15 is 0 Å². The van der Waals surface area contributed by atoms with Crippen molar-refractivity contribution < 1.29 is 13.5 Å². The summed E-state index contributed by atoms with van der Waals surface area (Å²) in [5.74, 6) is -1.90. The van der Waals surface area contributed by atoms with Crippen LogP contribution in [0, 0.1) is 11.9 Å². The second-order valence-corrected chi connectivity index (χ2v) is 6.62. The number of hydrogen-bond acceptors (Lipinski definition) is 7. The van der Waals surface area contributed by atoms with Gasteiger partial charge >= 0.3 is 0 Å². The van der Waals surface area contributed by atoms with E-state index in [-0.39, 0.29) is 24.1 Å². The van der Waals surface area contributed by atoms with Gasteiger partial charge in [0, 0.05) is 18.3 Å². The van der Waals surface area contributed by atoms with Gasteiger partial charge in [0.25, 0.3) is 5.95 Å². The molecule has 0 unspecified atom stereocenters. The number of pyridine rings is 2. The lowest BCUT2D eigenvalue weighted by molar-refractivity contribution is 0.401. The third kappa shape index (κ3) is 4.14. The first-order chi connectivity index (χ1) is 14.5. The quantitative estimate of drug-likeness (QED) is 0.435. The van der Waals surface area contributed by atoms with Crippen LogP contribution < -0.4 is 10.1 Å². The lowest BCUT2D eigenvalue weighted by atomic mass is 10.2. The van der Waals surface area contributed by atoms with Crippen LogP contribution in [0.1, 0.15) is 5.56 Å². The van der Waals surface area contributed by atoms with Gasteiger partial charge < -0.3 is 10.1 Å². The molecule has 0 saturated carbocycles. The van der Waals surface area contributed by atoms with E-state index in [4.69, 9.17) is 27.9 Å². The third-order valence-electron chi connectivity index (χ3n) is 3.90. The van der Waals surface area contributed by atoms with Crippen molar-refractivity contribution in [3.05, 3.63) is 76.2 Å². The number of rotatable bonds is 6. The first kappa shape index (κ1) is 19.9. The highest BCUT2D eigenvalue weighted by atomic mass is 35.5. The van der Waals surface area contributed by atoms with Crippen LogP contribution in [0.15, 0.2) is 48.7 Å². The molecule has 0 atom stereocenters. The maximum Gasteiger partial charge on any atom is 0.258 e. The molecule has 0 aliphatic rings. The summed E-state index contributed by atoms with van der Waals surface area (Å²) in [4.78, 5) is 7.19. The van der Waals surface area contributed by atoms with E-state index in [9.17, 15) is 8.78 Å². The van der Waals surface area contributed by atoms with Gasteiger partial charge in [-0.2, -0.15) is 18.4 Å². The predicted octanol–water partition coefficient (Wildman–Crippen LogP) is 4.44. The molecule has 12 heteroatoms. The molecule has 8 nitrogen and oxygen atoms in total. The average Bonchev–Trinajstić information content (AvgIpc) is 3.20. The molecule has 0 aliphatic heterocycles. The van der Waals surface area contributed by atoms with Crippen molar-refractivity contribution in [2.45, 2.75) is 6.54 Å². The largest absolute Gasteiger partial charge is 0.434 e. The summed E-state index contributed by atoms with van der Waals surface area (Å²) in [6.07, 6.45) is 1.48. The molecular weight excluding hydrogens is 439 g/mol. The molecule has 152 valence electrons. The van der Waals surface area contributed by atoms with E-state index < -0.39 is 11.9 Å². The maximum absolute atomic E-state index is 13.8. The smallest absolute Gasteiger partial charge is 0.258 e. The van der Waals surface area contributed by atoms with E-state index in [1.165, 1.54) is 10.9 Å². The summed E-state index contributed by atoms with van der Waals surface area (Å²) in [7, 11) is 0. The molecule has 4 rings (SSSR count). The van der Waals surface area contributed by atoms with Crippen LogP contribution >= 0.6 is 23.2 Å². The van der Waals surface area contributed by atoms with E-state index in [2.05, 4.69) is 30.8 Å². The molecular formula is C18H11Cl2F2N7O. The zero-order chi connectivity index (χ0) is 21.1. The fourth-order valence-corrected chi connectivity index (χ4v) is 2.90. The Kier molecular flexibility index (Phi) is 5.68. The number of ether oxygens (including phenoxy) is 1. The lowest BCUT2D eigenvalue weighted by Crippen LogP contribution is -2.09. The molecule has 3 aromatic heterocycles. The minimum atomic E-state index is -1.08. The molecule has 0 amide bonds. The number of nitrogens with zero attached hydrogens (tertiary/aromatic N) is 6. The van der Waals surface area contributed by atoms with Crippen molar-refractivity contribution in [3.63, 3.8) is 0 Å². The van der Waals surface area contributed by atoms with Crippen LogP contribution in [0.4, 0.5) is 14.7 Å². The van der Waals surface area contributed by atoms with Crippen molar-refractivity contribution in [2.24, 2.45) is 0 Å². The first-order valence-electron chi connectivity index (χ1n) is 8.43. The lowest BCUT2D eigenvalue weighted by Gasteiger charge is -2.12. The monoisotopic (exact) mass is 449 g/mol. The van der Waals surface area contributed by atoms with Gasteiger partial charge in [-0.25, -0.2) is 4.98 Å². The summed E-state index contributed by atoms with van der Waals surface area (Å²) in [6.45, 7) is 0.179. The van der Waals surface area contributed by atoms with E-state index in [1.54, 1.807) is 30.3 Å². The van der Waals surface area contributed by atoms with Crippen LogP contribution in [0.5, 0.6) is 11.6 Å². The van der Waals surface area contributed by atoms with Crippen LogP contribution in [-0.4, -0.2) is 30.2 Å². The van der Waals surface area contributed by atoms with E-state index in [1.807, 2.05) is 0 Å². The Morgan fingerprint density at radius 3 is 2.77 bits per heavy atom. The molecule has 4 aromatic rings. The first-order valence-corrected chi connectivity index (χ1v) is 9.19. The number of tetrazole rings is 1. The summed E-state index contributed by atoms with van der Waals surface area (Å²) in [5.41, 5.74) is 1.05. The minimum Gasteiger partial charge on any atom is -0.434 e. The Labute approximate surface area is 178 Å². The third-order valence-corrected chi connectivity index (χ3v) is 4.71. The Hall–Kier alpha value is -3.37. The fourth-order valence-electron chi connectivity index (χ4n) is 2.52. The zero-order valence-electron chi connectivity index (χ0n) is 14.9. The molecule has 3 heterocycles. The molecule has 0 saturated heterocycles. The summed E-state index contributed by atoms with van der Waals surface area (Å²) in [6, 6.07) is 10.6. The van der Waals surface area contributed by atoms with Crippen molar-refractivity contribution in [3.8, 4) is 17.3 Å². The van der Waals surface area contributed by atoms with Gasteiger partial charge in [0.2, 0.25) is 17.8 Å². The van der Waals surface area contributed by atoms with Crippen molar-refractivity contribution in [2.75, 3.05) is 5.32 Å². The molecule has 0 spiro atoms. The van der Waals surface area contributed by atoms with Crippen molar-refractivity contribution in [1.29, 1.82) is 0 Å². The number of aromatic nitrogens is 6. The van der Waals surface area contributed by atoms with Gasteiger partial charge in [-0.1, -0.05) is 40.4 Å².